The third kappa shape index (κ3) is 4.21. The summed E-state index contributed by atoms with van der Waals surface area (Å²) in [6.07, 6.45) is 0. The lowest BCUT2D eigenvalue weighted by atomic mass is 10.00. The number of fused-ring (bicyclic) bond motifs is 1. The van der Waals surface area contributed by atoms with Crippen LogP contribution in [0.3, 0.4) is 0 Å². The van der Waals surface area contributed by atoms with Gasteiger partial charge in [0.2, 0.25) is 5.91 Å². The van der Waals surface area contributed by atoms with E-state index >= 15 is 0 Å². The molecule has 3 atom stereocenters. The van der Waals surface area contributed by atoms with Crippen LogP contribution in [0.15, 0.2) is 65.1 Å². The minimum atomic E-state index is -0.340. The SMILES string of the molecule is CC(N)C(C)C(=O)NC(c1ccccc1)c1cc2ccccc2o1.Cl. The quantitative estimate of drug-likeness (QED) is 0.723. The molecule has 0 saturated heterocycles. The number of rotatable bonds is 5. The fourth-order valence-electron chi connectivity index (χ4n) is 2.62. The van der Waals surface area contributed by atoms with Crippen molar-refractivity contribution in [1.82, 2.24) is 5.32 Å². The van der Waals surface area contributed by atoms with E-state index in [0.717, 1.165) is 16.5 Å². The minimum Gasteiger partial charge on any atom is -0.459 e. The first-order valence-electron chi connectivity index (χ1n) is 8.15. The fourth-order valence-corrected chi connectivity index (χ4v) is 2.62. The van der Waals surface area contributed by atoms with Gasteiger partial charge in [0.15, 0.2) is 0 Å². The molecular formula is C20H23ClN2O2. The first-order chi connectivity index (χ1) is 11.6. The first-order valence-corrected chi connectivity index (χ1v) is 8.15. The summed E-state index contributed by atoms with van der Waals surface area (Å²) in [4.78, 5) is 12.5. The zero-order chi connectivity index (χ0) is 17.1. The molecule has 3 N–H and O–H groups in total. The van der Waals surface area contributed by atoms with Gasteiger partial charge in [0, 0.05) is 17.3 Å². The number of furan rings is 1. The second-order valence-electron chi connectivity index (χ2n) is 6.19. The Balaban J connectivity index is 0.00000225. The van der Waals surface area contributed by atoms with Crippen LogP contribution >= 0.6 is 12.4 Å². The lowest BCUT2D eigenvalue weighted by Gasteiger charge is -2.21. The van der Waals surface area contributed by atoms with Gasteiger partial charge in [-0.15, -0.1) is 12.4 Å². The summed E-state index contributed by atoms with van der Waals surface area (Å²) in [6, 6.07) is 19.1. The normalized spacial score (nSPS) is 14.4. The summed E-state index contributed by atoms with van der Waals surface area (Å²) in [5.41, 5.74) is 7.65. The maximum Gasteiger partial charge on any atom is 0.225 e. The summed E-state index contributed by atoms with van der Waals surface area (Å²) in [6.45, 7) is 3.67. The number of halogens is 1. The maximum atomic E-state index is 12.5. The van der Waals surface area contributed by atoms with Gasteiger partial charge in [-0.1, -0.05) is 55.5 Å². The number of amides is 1. The van der Waals surface area contributed by atoms with Crippen LogP contribution in [0.4, 0.5) is 0 Å². The highest BCUT2D eigenvalue weighted by atomic mass is 35.5. The topological polar surface area (TPSA) is 68.3 Å². The highest BCUT2D eigenvalue weighted by Crippen LogP contribution is 2.28. The summed E-state index contributed by atoms with van der Waals surface area (Å²) in [5, 5.41) is 4.10. The molecule has 1 amide bonds. The van der Waals surface area contributed by atoms with Crippen molar-refractivity contribution >= 4 is 29.3 Å². The number of hydrogen-bond acceptors (Lipinski definition) is 3. The van der Waals surface area contributed by atoms with Crippen molar-refractivity contribution in [3.8, 4) is 0 Å². The molecule has 0 aliphatic rings. The van der Waals surface area contributed by atoms with Gasteiger partial charge in [0.25, 0.3) is 0 Å². The molecule has 0 bridgehead atoms. The van der Waals surface area contributed by atoms with Crippen LogP contribution in [-0.4, -0.2) is 11.9 Å². The standard InChI is InChI=1S/C20H22N2O2.ClH/c1-13(14(2)21)20(23)22-19(15-8-4-3-5-9-15)18-12-16-10-6-7-11-17(16)24-18;/h3-14,19H,21H2,1-2H3,(H,22,23);1H. The van der Waals surface area contributed by atoms with Crippen LogP contribution in [0.25, 0.3) is 11.0 Å². The largest absolute Gasteiger partial charge is 0.459 e. The number of carbonyl (C=O) groups is 1. The third-order valence-electron chi connectivity index (χ3n) is 4.35. The van der Waals surface area contributed by atoms with Gasteiger partial charge < -0.3 is 15.5 Å². The number of nitrogens with two attached hydrogens (primary N) is 1. The van der Waals surface area contributed by atoms with Crippen molar-refractivity contribution in [3.05, 3.63) is 72.0 Å². The monoisotopic (exact) mass is 358 g/mol. The summed E-state index contributed by atoms with van der Waals surface area (Å²) >= 11 is 0. The van der Waals surface area contributed by atoms with E-state index in [1.807, 2.05) is 74.5 Å². The van der Waals surface area contributed by atoms with Crippen molar-refractivity contribution in [2.45, 2.75) is 25.9 Å². The molecule has 0 fully saturated rings. The number of carbonyl (C=O) groups excluding carboxylic acids is 1. The lowest BCUT2D eigenvalue weighted by molar-refractivity contribution is -0.125. The molecule has 0 aliphatic carbocycles. The van der Waals surface area contributed by atoms with E-state index < -0.39 is 0 Å². The number of nitrogens with one attached hydrogen (secondary N) is 1. The lowest BCUT2D eigenvalue weighted by Crippen LogP contribution is -2.40. The molecule has 3 rings (SSSR count). The highest BCUT2D eigenvalue weighted by Gasteiger charge is 2.24. The highest BCUT2D eigenvalue weighted by molar-refractivity contribution is 5.85. The molecule has 3 unspecified atom stereocenters. The minimum absolute atomic E-state index is 0. The second-order valence-corrected chi connectivity index (χ2v) is 6.19. The molecule has 4 nitrogen and oxygen atoms in total. The van der Waals surface area contributed by atoms with E-state index in [1.165, 1.54) is 0 Å². The molecular weight excluding hydrogens is 336 g/mol. The predicted octanol–water partition coefficient (Wildman–Crippen LogP) is 4.04. The van der Waals surface area contributed by atoms with Crippen molar-refractivity contribution in [2.75, 3.05) is 0 Å². The zero-order valence-corrected chi connectivity index (χ0v) is 15.1. The Bertz CT molecular complexity index is 797. The fraction of sp³-hybridized carbons (Fsp3) is 0.250. The van der Waals surface area contributed by atoms with E-state index in [2.05, 4.69) is 5.32 Å². The van der Waals surface area contributed by atoms with Crippen molar-refractivity contribution in [2.24, 2.45) is 11.7 Å². The Morgan fingerprint density at radius 3 is 2.32 bits per heavy atom. The summed E-state index contributed by atoms with van der Waals surface area (Å²) < 4.78 is 5.98. The Labute approximate surface area is 153 Å². The van der Waals surface area contributed by atoms with Crippen LogP contribution in [0.5, 0.6) is 0 Å². The van der Waals surface area contributed by atoms with Gasteiger partial charge >= 0.3 is 0 Å². The van der Waals surface area contributed by atoms with Crippen LogP contribution in [0, 0.1) is 5.92 Å². The zero-order valence-electron chi connectivity index (χ0n) is 14.3. The van der Waals surface area contributed by atoms with Crippen molar-refractivity contribution in [3.63, 3.8) is 0 Å². The first kappa shape index (κ1) is 19.0. The average Bonchev–Trinajstić information content (AvgIpc) is 3.03. The van der Waals surface area contributed by atoms with Crippen LogP contribution in [0.1, 0.15) is 31.2 Å². The Morgan fingerprint density at radius 1 is 1.04 bits per heavy atom. The molecule has 5 heteroatoms. The van der Waals surface area contributed by atoms with E-state index in [0.29, 0.717) is 5.76 Å². The molecule has 0 radical (unpaired) electrons. The molecule has 132 valence electrons. The second kappa shape index (κ2) is 8.19. The van der Waals surface area contributed by atoms with Gasteiger partial charge in [-0.25, -0.2) is 0 Å². The number of para-hydroxylation sites is 1. The predicted molar refractivity (Wildman–Crippen MR) is 103 cm³/mol. The average molecular weight is 359 g/mol. The summed E-state index contributed by atoms with van der Waals surface area (Å²) in [7, 11) is 0. The van der Waals surface area contributed by atoms with Gasteiger partial charge in [0.1, 0.15) is 17.4 Å². The van der Waals surface area contributed by atoms with Crippen molar-refractivity contribution < 1.29 is 9.21 Å². The number of hydrogen-bond donors (Lipinski definition) is 2. The van der Waals surface area contributed by atoms with Crippen LogP contribution in [0.2, 0.25) is 0 Å². The summed E-state index contributed by atoms with van der Waals surface area (Å²) in [5.74, 6) is 0.354. The van der Waals surface area contributed by atoms with E-state index in [-0.39, 0.29) is 36.3 Å². The van der Waals surface area contributed by atoms with E-state index in [1.54, 1.807) is 0 Å². The van der Waals surface area contributed by atoms with Gasteiger partial charge in [-0.05, 0) is 24.6 Å². The molecule has 1 aromatic heterocycles. The maximum absolute atomic E-state index is 12.5. The van der Waals surface area contributed by atoms with Crippen LogP contribution < -0.4 is 11.1 Å². The van der Waals surface area contributed by atoms with Gasteiger partial charge in [0.05, 0.1) is 0 Å². The van der Waals surface area contributed by atoms with Gasteiger partial charge in [-0.3, -0.25) is 4.79 Å². The van der Waals surface area contributed by atoms with E-state index in [9.17, 15) is 4.79 Å². The Morgan fingerprint density at radius 2 is 1.68 bits per heavy atom. The molecule has 3 aromatic rings. The Hall–Kier alpha value is -2.30. The molecule has 0 spiro atoms. The molecule has 2 aromatic carbocycles. The smallest absolute Gasteiger partial charge is 0.225 e. The third-order valence-corrected chi connectivity index (χ3v) is 4.35. The molecule has 0 aliphatic heterocycles. The van der Waals surface area contributed by atoms with Crippen molar-refractivity contribution in [1.29, 1.82) is 0 Å². The van der Waals surface area contributed by atoms with E-state index in [4.69, 9.17) is 10.2 Å². The molecule has 25 heavy (non-hydrogen) atoms. The number of benzene rings is 2. The Kier molecular flexibility index (Phi) is 6.23. The van der Waals surface area contributed by atoms with Crippen LogP contribution in [-0.2, 0) is 4.79 Å². The molecule has 1 heterocycles. The van der Waals surface area contributed by atoms with Gasteiger partial charge in [-0.2, -0.15) is 0 Å². The molecule has 0 saturated carbocycles.